The molecule has 0 aromatic carbocycles. The Hall–Kier alpha value is -0.795. The Morgan fingerprint density at radius 3 is 2.33 bits per heavy atom. The van der Waals surface area contributed by atoms with E-state index in [1.807, 2.05) is 0 Å². The number of allylic oxidation sites excluding steroid dienone is 1. The molecule has 0 atom stereocenters. The lowest BCUT2D eigenvalue weighted by atomic mass is 9.88. The molecule has 2 bridgehead atoms. The molecule has 1 saturated heterocycles. The SMILES string of the molecule is C1CCC(C2=C3OB(O3)O2)CC1. The third-order valence-electron chi connectivity index (χ3n) is 2.81. The van der Waals surface area contributed by atoms with E-state index in [1.165, 1.54) is 32.1 Å². The summed E-state index contributed by atoms with van der Waals surface area (Å²) in [5.74, 6) is 2.22. The summed E-state index contributed by atoms with van der Waals surface area (Å²) in [6.45, 7) is 0. The van der Waals surface area contributed by atoms with E-state index in [9.17, 15) is 0 Å². The zero-order valence-corrected chi connectivity index (χ0v) is 6.91. The largest absolute Gasteiger partial charge is 0.868 e. The molecule has 12 heavy (non-hydrogen) atoms. The summed E-state index contributed by atoms with van der Waals surface area (Å²) in [5, 5.41) is 0. The summed E-state index contributed by atoms with van der Waals surface area (Å²) in [4.78, 5) is 0. The second-order valence-electron chi connectivity index (χ2n) is 3.63. The minimum atomic E-state index is -0.392. The number of fused-ring (bicyclic) bond motifs is 1. The highest BCUT2D eigenvalue weighted by molar-refractivity contribution is 6.41. The molecule has 3 aliphatic heterocycles. The van der Waals surface area contributed by atoms with Gasteiger partial charge in [-0.3, -0.25) is 0 Å². The molecule has 3 heterocycles. The molecule has 0 amide bonds. The van der Waals surface area contributed by atoms with Gasteiger partial charge in [-0.05, 0) is 12.8 Å². The first kappa shape index (κ1) is 6.69. The predicted molar refractivity (Wildman–Crippen MR) is 42.6 cm³/mol. The fourth-order valence-corrected chi connectivity index (χ4v) is 2.13. The fraction of sp³-hybridized carbons (Fsp3) is 0.750. The Labute approximate surface area is 71.9 Å². The Morgan fingerprint density at radius 2 is 1.75 bits per heavy atom. The Balaban J connectivity index is 1.75. The fourth-order valence-electron chi connectivity index (χ4n) is 2.13. The van der Waals surface area contributed by atoms with Crippen molar-refractivity contribution in [1.82, 2.24) is 0 Å². The van der Waals surface area contributed by atoms with E-state index >= 15 is 0 Å². The summed E-state index contributed by atoms with van der Waals surface area (Å²) >= 11 is 0. The second kappa shape index (κ2) is 2.34. The van der Waals surface area contributed by atoms with Crippen LogP contribution >= 0.6 is 0 Å². The standard InChI is InChI=1S/C8H11BO3/c1-2-4-6(5-3-1)7-8-11-9(10-7)12-8/h6H,1-5H2. The van der Waals surface area contributed by atoms with Gasteiger partial charge in [-0.2, -0.15) is 0 Å². The van der Waals surface area contributed by atoms with E-state index in [2.05, 4.69) is 0 Å². The lowest BCUT2D eigenvalue weighted by Crippen LogP contribution is -2.28. The van der Waals surface area contributed by atoms with Gasteiger partial charge < -0.3 is 14.0 Å². The summed E-state index contributed by atoms with van der Waals surface area (Å²) in [6.07, 6.45) is 6.46. The van der Waals surface area contributed by atoms with E-state index in [-0.39, 0.29) is 0 Å². The Bertz CT molecular complexity index is 224. The van der Waals surface area contributed by atoms with Crippen molar-refractivity contribution in [2.75, 3.05) is 0 Å². The molecule has 0 radical (unpaired) electrons. The van der Waals surface area contributed by atoms with Crippen LogP contribution in [0.3, 0.4) is 0 Å². The Kier molecular flexibility index (Phi) is 1.31. The summed E-state index contributed by atoms with van der Waals surface area (Å²) in [5.41, 5.74) is 0. The van der Waals surface area contributed by atoms with Gasteiger partial charge in [-0.25, -0.2) is 0 Å². The topological polar surface area (TPSA) is 27.7 Å². The number of rotatable bonds is 1. The van der Waals surface area contributed by atoms with Crippen molar-refractivity contribution >= 4 is 7.32 Å². The third kappa shape index (κ3) is 0.837. The predicted octanol–water partition coefficient (Wildman–Crippen LogP) is 1.80. The molecule has 4 heteroatoms. The van der Waals surface area contributed by atoms with Crippen LogP contribution in [0.5, 0.6) is 0 Å². The van der Waals surface area contributed by atoms with Crippen molar-refractivity contribution in [2.45, 2.75) is 32.1 Å². The van der Waals surface area contributed by atoms with Crippen LogP contribution in [-0.2, 0) is 14.0 Å². The molecule has 0 spiro atoms. The van der Waals surface area contributed by atoms with Gasteiger partial charge in [0, 0.05) is 5.92 Å². The molecule has 1 saturated carbocycles. The summed E-state index contributed by atoms with van der Waals surface area (Å²) < 4.78 is 15.7. The molecule has 4 aliphatic rings. The summed E-state index contributed by atoms with van der Waals surface area (Å²) in [7, 11) is -0.392. The van der Waals surface area contributed by atoms with Crippen LogP contribution in [0, 0.1) is 5.92 Å². The van der Waals surface area contributed by atoms with Crippen LogP contribution in [0.25, 0.3) is 0 Å². The lowest BCUT2D eigenvalue weighted by molar-refractivity contribution is 0.0776. The molecule has 0 N–H and O–H groups in total. The maximum Gasteiger partial charge on any atom is 0.868 e. The number of hydrogen-bond acceptors (Lipinski definition) is 3. The van der Waals surface area contributed by atoms with Gasteiger partial charge >= 0.3 is 7.32 Å². The van der Waals surface area contributed by atoms with Gasteiger partial charge in [-0.15, -0.1) is 0 Å². The van der Waals surface area contributed by atoms with Gasteiger partial charge in [-0.1, -0.05) is 19.3 Å². The first-order chi connectivity index (χ1) is 5.93. The molecule has 0 unspecified atom stereocenters. The van der Waals surface area contributed by atoms with Crippen LogP contribution in [0.15, 0.2) is 11.7 Å². The molecule has 4 rings (SSSR count). The van der Waals surface area contributed by atoms with Crippen LogP contribution in [0.2, 0.25) is 0 Å². The van der Waals surface area contributed by atoms with Crippen molar-refractivity contribution < 1.29 is 14.0 Å². The average molecular weight is 166 g/mol. The first-order valence-corrected chi connectivity index (χ1v) is 4.67. The van der Waals surface area contributed by atoms with Crippen LogP contribution < -0.4 is 0 Å². The maximum absolute atomic E-state index is 5.41. The van der Waals surface area contributed by atoms with Crippen LogP contribution in [0.1, 0.15) is 32.1 Å². The van der Waals surface area contributed by atoms with E-state index in [1.54, 1.807) is 0 Å². The molecular weight excluding hydrogens is 155 g/mol. The van der Waals surface area contributed by atoms with Gasteiger partial charge in [0.15, 0.2) is 5.76 Å². The highest BCUT2D eigenvalue weighted by Crippen LogP contribution is 2.41. The lowest BCUT2D eigenvalue weighted by Gasteiger charge is -2.20. The molecule has 0 aromatic rings. The van der Waals surface area contributed by atoms with Crippen LogP contribution in [-0.4, -0.2) is 7.32 Å². The highest BCUT2D eigenvalue weighted by Gasteiger charge is 2.54. The molecule has 3 nitrogen and oxygen atoms in total. The number of hydrogen-bond donors (Lipinski definition) is 0. The normalized spacial score (nSPS) is 27.5. The Morgan fingerprint density at radius 1 is 1.00 bits per heavy atom. The quantitative estimate of drug-likeness (QED) is 0.555. The zero-order chi connectivity index (χ0) is 7.97. The van der Waals surface area contributed by atoms with E-state index in [0.717, 1.165) is 5.76 Å². The highest BCUT2D eigenvalue weighted by atomic mass is 16.9. The molecule has 0 aromatic heterocycles. The van der Waals surface area contributed by atoms with Crippen molar-refractivity contribution in [1.29, 1.82) is 0 Å². The average Bonchev–Trinajstić information content (AvgIpc) is 2.62. The van der Waals surface area contributed by atoms with E-state index in [0.29, 0.717) is 11.9 Å². The van der Waals surface area contributed by atoms with E-state index in [4.69, 9.17) is 14.0 Å². The van der Waals surface area contributed by atoms with Crippen molar-refractivity contribution in [2.24, 2.45) is 5.92 Å². The summed E-state index contributed by atoms with van der Waals surface area (Å²) in [6, 6.07) is 0. The minimum absolute atomic E-state index is 0.392. The van der Waals surface area contributed by atoms with Crippen molar-refractivity contribution in [3.63, 3.8) is 0 Å². The van der Waals surface area contributed by atoms with Gasteiger partial charge in [0.2, 0.25) is 0 Å². The second-order valence-corrected chi connectivity index (χ2v) is 3.63. The van der Waals surface area contributed by atoms with E-state index < -0.39 is 7.32 Å². The zero-order valence-electron chi connectivity index (χ0n) is 6.91. The van der Waals surface area contributed by atoms with Gasteiger partial charge in [0.05, 0.1) is 0 Å². The smallest absolute Gasteiger partial charge is 0.486 e. The van der Waals surface area contributed by atoms with Crippen molar-refractivity contribution in [3.8, 4) is 0 Å². The monoisotopic (exact) mass is 166 g/mol. The first-order valence-electron chi connectivity index (χ1n) is 4.67. The van der Waals surface area contributed by atoms with Crippen molar-refractivity contribution in [3.05, 3.63) is 11.7 Å². The van der Waals surface area contributed by atoms with Gasteiger partial charge in [0.1, 0.15) is 0 Å². The third-order valence-corrected chi connectivity index (χ3v) is 2.81. The molecule has 2 fully saturated rings. The van der Waals surface area contributed by atoms with Gasteiger partial charge in [0.25, 0.3) is 5.95 Å². The minimum Gasteiger partial charge on any atom is -0.486 e. The maximum atomic E-state index is 5.41. The molecular formula is C8H11BO3. The van der Waals surface area contributed by atoms with Crippen LogP contribution in [0.4, 0.5) is 0 Å². The molecule has 64 valence electrons. The molecule has 1 aliphatic carbocycles.